The van der Waals surface area contributed by atoms with E-state index in [1.807, 2.05) is 26.9 Å². The van der Waals surface area contributed by atoms with Crippen LogP contribution in [0.15, 0.2) is 18.2 Å². The third-order valence-electron chi connectivity index (χ3n) is 5.27. The zero-order valence-electron chi connectivity index (χ0n) is 15.6. The van der Waals surface area contributed by atoms with Gasteiger partial charge in [-0.15, -0.1) is 0 Å². The second kappa shape index (κ2) is 6.92. The third-order valence-corrected chi connectivity index (χ3v) is 8.83. The summed E-state index contributed by atoms with van der Waals surface area (Å²) in [5, 5.41) is -0.178. The van der Waals surface area contributed by atoms with E-state index in [1.165, 1.54) is 17.0 Å². The molecule has 1 heterocycles. The molecule has 8 heteroatoms. The van der Waals surface area contributed by atoms with Gasteiger partial charge in [0.15, 0.2) is 8.32 Å². The Bertz CT molecular complexity index is 691. The average Bonchev–Trinajstić information content (AvgIpc) is 2.73. The molecule has 1 aliphatic heterocycles. The van der Waals surface area contributed by atoms with Gasteiger partial charge in [0, 0.05) is 6.54 Å². The fraction of sp³-hybridized carbons (Fsp3) is 0.529. The van der Waals surface area contributed by atoms with Crippen LogP contribution >= 0.6 is 0 Å². The molecule has 3 amide bonds. The first-order valence-electron chi connectivity index (χ1n) is 8.54. The summed E-state index contributed by atoms with van der Waals surface area (Å²) in [6, 6.07) is 3.98. The summed E-state index contributed by atoms with van der Waals surface area (Å²) in [6.07, 6.45) is 1.45. The number of halogens is 1. The van der Waals surface area contributed by atoms with E-state index in [9.17, 15) is 18.8 Å². The smallest absolute Gasteiger partial charge is 0.331 e. The molecule has 0 aromatic heterocycles. The van der Waals surface area contributed by atoms with Crippen molar-refractivity contribution in [1.82, 2.24) is 4.90 Å². The van der Waals surface area contributed by atoms with Crippen molar-refractivity contribution in [2.75, 3.05) is 18.0 Å². The number of rotatable bonds is 6. The first-order valence-corrected chi connectivity index (χ1v) is 11.5. The van der Waals surface area contributed by atoms with E-state index in [-0.39, 0.29) is 17.3 Å². The van der Waals surface area contributed by atoms with E-state index >= 15 is 0 Å². The van der Waals surface area contributed by atoms with Crippen LogP contribution in [-0.2, 0) is 4.79 Å². The Labute approximate surface area is 150 Å². The number of hydrogen-bond donors (Lipinski definition) is 1. The Hall–Kier alpha value is -1.67. The zero-order chi connectivity index (χ0) is 19.0. The van der Waals surface area contributed by atoms with Crippen molar-refractivity contribution in [2.45, 2.75) is 44.8 Å². The summed E-state index contributed by atoms with van der Waals surface area (Å²) in [5.41, 5.74) is 0.738. The number of carbonyl (C=O) groups excluding carboxylic acids is 2. The molecule has 1 fully saturated rings. The number of carbonyl (C=O) groups is 2. The summed E-state index contributed by atoms with van der Waals surface area (Å²) in [5.74, 6) is -0.985. The first-order chi connectivity index (χ1) is 11.4. The highest BCUT2D eigenvalue weighted by Crippen LogP contribution is 2.39. The van der Waals surface area contributed by atoms with Crippen molar-refractivity contribution in [2.24, 2.45) is 0 Å². The molecule has 0 aliphatic carbocycles. The van der Waals surface area contributed by atoms with Crippen molar-refractivity contribution >= 4 is 39.3 Å². The molecule has 2 rings (SSSR count). The number of nitrogens with zero attached hydrogens (tertiary/aromatic N) is 2. The summed E-state index contributed by atoms with van der Waals surface area (Å²) in [6.45, 7) is 8.25. The molecule has 25 heavy (non-hydrogen) atoms. The lowest BCUT2D eigenvalue weighted by Gasteiger charge is -2.35. The predicted octanol–water partition coefficient (Wildman–Crippen LogP) is 1.61. The van der Waals surface area contributed by atoms with Crippen LogP contribution in [0.2, 0.25) is 18.1 Å². The molecule has 1 aromatic rings. The summed E-state index contributed by atoms with van der Waals surface area (Å²) in [7, 11) is -0.551. The van der Waals surface area contributed by atoms with Gasteiger partial charge in [-0.1, -0.05) is 25.4 Å². The summed E-state index contributed by atoms with van der Waals surface area (Å²) < 4.78 is 14.1. The van der Waals surface area contributed by atoms with Crippen molar-refractivity contribution in [1.29, 1.82) is 0 Å². The minimum Gasteiger partial charge on any atom is -0.432 e. The SMILES string of the molecule is Bc1ccc(N2C(=O)CN(CCCC(C)(C)[Si](C)(C)O)C2=O)c(F)c1. The fourth-order valence-electron chi connectivity index (χ4n) is 2.77. The van der Waals surface area contributed by atoms with Gasteiger partial charge in [-0.2, -0.15) is 0 Å². The van der Waals surface area contributed by atoms with Gasteiger partial charge < -0.3 is 9.70 Å². The molecule has 0 saturated carbocycles. The molecule has 1 aliphatic rings. The standard InChI is InChI=1S/C17H26BFN2O3Si/c1-17(2,25(3,4)24)8-5-9-20-11-15(22)21(16(20)23)14-7-6-12(18)10-13(14)19/h6-7,10,24H,5,8-9,11,18H2,1-4H3. The monoisotopic (exact) mass is 364 g/mol. The highest BCUT2D eigenvalue weighted by atomic mass is 28.4. The third kappa shape index (κ3) is 4.12. The lowest BCUT2D eigenvalue weighted by molar-refractivity contribution is -0.116. The highest BCUT2D eigenvalue weighted by molar-refractivity contribution is 6.72. The quantitative estimate of drug-likeness (QED) is 0.616. The van der Waals surface area contributed by atoms with Crippen LogP contribution in [0.3, 0.4) is 0 Å². The van der Waals surface area contributed by atoms with Crippen LogP contribution in [0.5, 0.6) is 0 Å². The second-order valence-electron chi connectivity index (χ2n) is 7.93. The first kappa shape index (κ1) is 19.7. The minimum absolute atomic E-state index is 0.00679. The zero-order valence-corrected chi connectivity index (χ0v) is 16.6. The van der Waals surface area contributed by atoms with Gasteiger partial charge in [-0.25, -0.2) is 14.1 Å². The molecule has 136 valence electrons. The molecule has 0 unspecified atom stereocenters. The lowest BCUT2D eigenvalue weighted by atomic mass is 9.96. The number of amides is 3. The number of anilines is 1. The molecule has 0 radical (unpaired) electrons. The van der Waals surface area contributed by atoms with Crippen LogP contribution in [0.1, 0.15) is 26.7 Å². The highest BCUT2D eigenvalue weighted by Gasteiger charge is 2.40. The van der Waals surface area contributed by atoms with Crippen molar-refractivity contribution < 1.29 is 18.8 Å². The Morgan fingerprint density at radius 3 is 2.52 bits per heavy atom. The van der Waals surface area contributed by atoms with Gasteiger partial charge in [0.1, 0.15) is 20.2 Å². The van der Waals surface area contributed by atoms with Crippen LogP contribution < -0.4 is 10.4 Å². The topological polar surface area (TPSA) is 60.9 Å². The van der Waals surface area contributed by atoms with Gasteiger partial charge in [-0.05, 0) is 43.1 Å². The number of urea groups is 1. The van der Waals surface area contributed by atoms with E-state index in [0.29, 0.717) is 13.0 Å². The number of imide groups is 1. The van der Waals surface area contributed by atoms with Crippen molar-refractivity contribution in [3.8, 4) is 0 Å². The Morgan fingerprint density at radius 1 is 1.32 bits per heavy atom. The van der Waals surface area contributed by atoms with Gasteiger partial charge in [0.25, 0.3) is 5.91 Å². The minimum atomic E-state index is -2.30. The van der Waals surface area contributed by atoms with Crippen LogP contribution in [0.25, 0.3) is 0 Å². The number of hydrogen-bond acceptors (Lipinski definition) is 3. The van der Waals surface area contributed by atoms with E-state index in [0.717, 1.165) is 16.8 Å². The molecular formula is C17H26BFN2O3Si. The maximum Gasteiger partial charge on any atom is 0.331 e. The van der Waals surface area contributed by atoms with Gasteiger partial charge >= 0.3 is 6.03 Å². The van der Waals surface area contributed by atoms with Crippen molar-refractivity contribution in [3.63, 3.8) is 0 Å². The van der Waals surface area contributed by atoms with Gasteiger partial charge in [0.05, 0.1) is 5.69 Å². The normalized spacial score (nSPS) is 16.1. The van der Waals surface area contributed by atoms with E-state index < -0.39 is 26.1 Å². The largest absolute Gasteiger partial charge is 0.432 e. The molecule has 1 saturated heterocycles. The maximum absolute atomic E-state index is 14.1. The summed E-state index contributed by atoms with van der Waals surface area (Å²) >= 11 is 0. The average molecular weight is 364 g/mol. The van der Waals surface area contributed by atoms with Crippen LogP contribution in [0.4, 0.5) is 14.9 Å². The fourth-order valence-corrected chi connectivity index (χ4v) is 3.56. The van der Waals surface area contributed by atoms with Crippen molar-refractivity contribution in [3.05, 3.63) is 24.0 Å². The van der Waals surface area contributed by atoms with E-state index in [2.05, 4.69) is 0 Å². The second-order valence-corrected chi connectivity index (χ2v) is 12.4. The van der Waals surface area contributed by atoms with E-state index in [4.69, 9.17) is 0 Å². The Balaban J connectivity index is 2.04. The molecule has 1 aromatic carbocycles. The van der Waals surface area contributed by atoms with E-state index in [1.54, 1.807) is 13.9 Å². The van der Waals surface area contributed by atoms with Gasteiger partial charge in [-0.3, -0.25) is 4.79 Å². The molecule has 0 spiro atoms. The molecule has 0 bridgehead atoms. The Kier molecular flexibility index (Phi) is 5.44. The summed E-state index contributed by atoms with van der Waals surface area (Å²) in [4.78, 5) is 37.4. The van der Waals surface area contributed by atoms with Crippen LogP contribution in [-0.4, -0.2) is 50.9 Å². The maximum atomic E-state index is 14.1. The van der Waals surface area contributed by atoms with Crippen LogP contribution in [0, 0.1) is 5.82 Å². The molecule has 1 N–H and O–H groups in total. The van der Waals surface area contributed by atoms with Gasteiger partial charge in [0.2, 0.25) is 0 Å². The molecule has 0 atom stereocenters. The Morgan fingerprint density at radius 2 is 1.96 bits per heavy atom. The molecular weight excluding hydrogens is 338 g/mol. The lowest BCUT2D eigenvalue weighted by Crippen LogP contribution is -2.39. The number of benzene rings is 1. The predicted molar refractivity (Wildman–Crippen MR) is 102 cm³/mol. The molecule has 5 nitrogen and oxygen atoms in total.